The highest BCUT2D eigenvalue weighted by Crippen LogP contribution is 2.37. The molecule has 2 atom stereocenters. The summed E-state index contributed by atoms with van der Waals surface area (Å²) in [5, 5.41) is 4.83. The number of rotatable bonds is 3. The van der Waals surface area contributed by atoms with Gasteiger partial charge in [0.15, 0.2) is 5.82 Å². The molecular formula is C11H18N4S2. The van der Waals surface area contributed by atoms with E-state index in [4.69, 9.17) is 5.73 Å². The van der Waals surface area contributed by atoms with Crippen molar-refractivity contribution in [3.05, 3.63) is 0 Å². The van der Waals surface area contributed by atoms with Crippen LogP contribution in [0.2, 0.25) is 0 Å². The predicted octanol–water partition coefficient (Wildman–Crippen LogP) is 2.10. The Hall–Kier alpha value is -0.460. The summed E-state index contributed by atoms with van der Waals surface area (Å²) in [6.45, 7) is 2.52. The summed E-state index contributed by atoms with van der Waals surface area (Å²) in [6, 6.07) is 1.32. The van der Waals surface area contributed by atoms with Crippen molar-refractivity contribution in [2.45, 2.75) is 36.2 Å². The van der Waals surface area contributed by atoms with Crippen molar-refractivity contribution in [2.24, 2.45) is 0 Å². The van der Waals surface area contributed by atoms with Crippen LogP contribution in [0.15, 0.2) is 4.90 Å². The standard InChI is InChI=1S/C11H18N4S2/c1-16-9-10(12)14-17-11(9)13-7-4-6-15-5-2-3-8(7)15/h7-8,13H,2-6H2,1H3,(H2,12,14). The Kier molecular flexibility index (Phi) is 3.19. The van der Waals surface area contributed by atoms with Gasteiger partial charge < -0.3 is 11.1 Å². The Morgan fingerprint density at radius 3 is 3.18 bits per heavy atom. The van der Waals surface area contributed by atoms with Crippen LogP contribution in [0.4, 0.5) is 10.8 Å². The summed E-state index contributed by atoms with van der Waals surface area (Å²) in [5.74, 6) is 0.672. The van der Waals surface area contributed by atoms with E-state index in [1.807, 2.05) is 0 Å². The number of nitrogen functional groups attached to an aromatic ring is 1. The molecule has 1 aromatic rings. The molecule has 17 heavy (non-hydrogen) atoms. The van der Waals surface area contributed by atoms with Crippen molar-refractivity contribution >= 4 is 34.1 Å². The van der Waals surface area contributed by atoms with Gasteiger partial charge in [-0.15, -0.1) is 11.8 Å². The molecular weight excluding hydrogens is 252 g/mol. The molecule has 0 aromatic carbocycles. The third kappa shape index (κ3) is 2.02. The SMILES string of the molecule is CSc1c(N)nsc1NC1CCN2CCCC12. The third-order valence-electron chi connectivity index (χ3n) is 3.80. The van der Waals surface area contributed by atoms with Crippen LogP contribution >= 0.6 is 23.3 Å². The van der Waals surface area contributed by atoms with Crippen LogP contribution in [0.3, 0.4) is 0 Å². The molecule has 3 heterocycles. The lowest BCUT2D eigenvalue weighted by atomic mass is 10.1. The molecule has 0 bridgehead atoms. The molecule has 2 unspecified atom stereocenters. The van der Waals surface area contributed by atoms with Gasteiger partial charge in [-0.3, -0.25) is 4.90 Å². The van der Waals surface area contributed by atoms with Gasteiger partial charge in [-0.1, -0.05) is 0 Å². The van der Waals surface area contributed by atoms with E-state index < -0.39 is 0 Å². The van der Waals surface area contributed by atoms with Gasteiger partial charge in [0.2, 0.25) is 0 Å². The fraction of sp³-hybridized carbons (Fsp3) is 0.727. The van der Waals surface area contributed by atoms with Crippen molar-refractivity contribution in [1.29, 1.82) is 0 Å². The zero-order valence-corrected chi connectivity index (χ0v) is 11.6. The van der Waals surface area contributed by atoms with Crippen LogP contribution in [0.5, 0.6) is 0 Å². The number of fused-ring (bicyclic) bond motifs is 1. The van der Waals surface area contributed by atoms with Gasteiger partial charge in [0.1, 0.15) is 5.00 Å². The lowest BCUT2D eigenvalue weighted by Gasteiger charge is -2.21. The molecule has 1 aromatic heterocycles. The zero-order valence-electron chi connectivity index (χ0n) is 9.98. The summed E-state index contributed by atoms with van der Waals surface area (Å²) in [6.07, 6.45) is 5.99. The van der Waals surface area contributed by atoms with Gasteiger partial charge >= 0.3 is 0 Å². The number of hydrogen-bond acceptors (Lipinski definition) is 6. The number of nitrogens with one attached hydrogen (secondary N) is 1. The van der Waals surface area contributed by atoms with Gasteiger partial charge in [0.25, 0.3) is 0 Å². The number of anilines is 2. The van der Waals surface area contributed by atoms with Crippen LogP contribution < -0.4 is 11.1 Å². The number of thioether (sulfide) groups is 1. The molecule has 0 radical (unpaired) electrons. The lowest BCUT2D eigenvalue weighted by molar-refractivity contribution is 0.318. The number of nitrogens with two attached hydrogens (primary N) is 1. The van der Waals surface area contributed by atoms with Gasteiger partial charge in [-0.05, 0) is 43.6 Å². The second-order valence-electron chi connectivity index (χ2n) is 4.72. The first-order valence-electron chi connectivity index (χ1n) is 6.09. The fourth-order valence-corrected chi connectivity index (χ4v) is 4.59. The van der Waals surface area contributed by atoms with Crippen molar-refractivity contribution in [3.63, 3.8) is 0 Å². The molecule has 0 spiro atoms. The molecule has 2 aliphatic heterocycles. The largest absolute Gasteiger partial charge is 0.382 e. The Bertz CT molecular complexity index is 406. The molecule has 4 nitrogen and oxygen atoms in total. The summed E-state index contributed by atoms with van der Waals surface area (Å²) >= 11 is 3.18. The maximum absolute atomic E-state index is 5.86. The first-order chi connectivity index (χ1) is 8.29. The molecule has 94 valence electrons. The minimum Gasteiger partial charge on any atom is -0.382 e. The van der Waals surface area contributed by atoms with E-state index in [-0.39, 0.29) is 0 Å². The number of hydrogen-bond donors (Lipinski definition) is 2. The predicted molar refractivity (Wildman–Crippen MR) is 74.9 cm³/mol. The first-order valence-corrected chi connectivity index (χ1v) is 8.09. The maximum atomic E-state index is 5.86. The summed E-state index contributed by atoms with van der Waals surface area (Å²) < 4.78 is 4.24. The van der Waals surface area contributed by atoms with Crippen molar-refractivity contribution in [1.82, 2.24) is 9.27 Å². The van der Waals surface area contributed by atoms with E-state index >= 15 is 0 Å². The maximum Gasteiger partial charge on any atom is 0.153 e. The van der Waals surface area contributed by atoms with Crippen LogP contribution in [0.25, 0.3) is 0 Å². The molecule has 0 aliphatic carbocycles. The smallest absolute Gasteiger partial charge is 0.153 e. The van der Waals surface area contributed by atoms with E-state index in [1.54, 1.807) is 11.8 Å². The van der Waals surface area contributed by atoms with E-state index in [1.165, 1.54) is 43.9 Å². The quantitative estimate of drug-likeness (QED) is 0.824. The molecule has 2 aliphatic rings. The number of nitrogens with zero attached hydrogens (tertiary/aromatic N) is 2. The van der Waals surface area contributed by atoms with E-state index in [0.29, 0.717) is 11.9 Å². The van der Waals surface area contributed by atoms with Crippen LogP contribution in [-0.2, 0) is 0 Å². The molecule has 3 rings (SSSR count). The molecule has 3 N–H and O–H groups in total. The van der Waals surface area contributed by atoms with Crippen LogP contribution in [0, 0.1) is 0 Å². The summed E-state index contributed by atoms with van der Waals surface area (Å²) in [5.41, 5.74) is 5.86. The summed E-state index contributed by atoms with van der Waals surface area (Å²) in [4.78, 5) is 3.73. The highest BCUT2D eigenvalue weighted by atomic mass is 32.2. The highest BCUT2D eigenvalue weighted by Gasteiger charge is 2.37. The monoisotopic (exact) mass is 270 g/mol. The second-order valence-corrected chi connectivity index (χ2v) is 6.31. The second kappa shape index (κ2) is 4.66. The van der Waals surface area contributed by atoms with E-state index in [9.17, 15) is 0 Å². The van der Waals surface area contributed by atoms with Crippen molar-refractivity contribution < 1.29 is 0 Å². The average molecular weight is 270 g/mol. The van der Waals surface area contributed by atoms with Crippen LogP contribution in [-0.4, -0.2) is 40.7 Å². The molecule has 0 amide bonds. The van der Waals surface area contributed by atoms with E-state index in [0.717, 1.165) is 15.9 Å². The molecule has 0 saturated carbocycles. The van der Waals surface area contributed by atoms with Crippen LogP contribution in [0.1, 0.15) is 19.3 Å². The Balaban J connectivity index is 1.74. The fourth-order valence-electron chi connectivity index (χ4n) is 3.00. The third-order valence-corrected chi connectivity index (χ3v) is 5.54. The zero-order chi connectivity index (χ0) is 11.8. The molecule has 2 fully saturated rings. The van der Waals surface area contributed by atoms with Crippen molar-refractivity contribution in [2.75, 3.05) is 30.4 Å². The Labute approximate surface area is 110 Å². The minimum absolute atomic E-state index is 0.586. The van der Waals surface area contributed by atoms with Crippen molar-refractivity contribution in [3.8, 4) is 0 Å². The van der Waals surface area contributed by atoms with E-state index in [2.05, 4.69) is 20.8 Å². The first kappa shape index (κ1) is 11.6. The molecule has 6 heteroatoms. The Morgan fingerprint density at radius 1 is 1.47 bits per heavy atom. The Morgan fingerprint density at radius 2 is 2.35 bits per heavy atom. The topological polar surface area (TPSA) is 54.2 Å². The van der Waals surface area contributed by atoms with Gasteiger partial charge in [0.05, 0.1) is 4.90 Å². The number of aromatic nitrogens is 1. The lowest BCUT2D eigenvalue weighted by Crippen LogP contribution is -2.33. The average Bonchev–Trinajstić information content (AvgIpc) is 2.97. The van der Waals surface area contributed by atoms with Gasteiger partial charge in [0, 0.05) is 18.6 Å². The van der Waals surface area contributed by atoms with Gasteiger partial charge in [-0.25, -0.2) is 0 Å². The minimum atomic E-state index is 0.586. The highest BCUT2D eigenvalue weighted by molar-refractivity contribution is 7.99. The normalized spacial score (nSPS) is 28.5. The molecule has 2 saturated heterocycles. The van der Waals surface area contributed by atoms with Gasteiger partial charge in [-0.2, -0.15) is 4.37 Å². The summed E-state index contributed by atoms with van der Waals surface area (Å²) in [7, 11) is 0.